The Bertz CT molecular complexity index is 1080. The number of fused-ring (bicyclic) bond motifs is 7. The van der Waals surface area contributed by atoms with Crippen LogP contribution in [-0.4, -0.2) is 34.2 Å². The summed E-state index contributed by atoms with van der Waals surface area (Å²) in [6.07, 6.45) is 8.76. The zero-order valence-electron chi connectivity index (χ0n) is 25.0. The van der Waals surface area contributed by atoms with Gasteiger partial charge in [0.05, 0.1) is 5.41 Å². The maximum absolute atomic E-state index is 12.8. The molecule has 5 rings (SSSR count). The third kappa shape index (κ3) is 3.81. The Morgan fingerprint density at radius 3 is 2.13 bits per heavy atom. The van der Waals surface area contributed by atoms with Crippen LogP contribution in [0.2, 0.25) is 0 Å². The van der Waals surface area contributed by atoms with Crippen molar-refractivity contribution in [3.63, 3.8) is 0 Å². The second-order valence-electron chi connectivity index (χ2n) is 15.6. The van der Waals surface area contributed by atoms with E-state index >= 15 is 0 Å². The molecule has 0 aromatic carbocycles. The maximum atomic E-state index is 12.8. The average molecular weight is 543 g/mol. The molecule has 5 fully saturated rings. The largest absolute Gasteiger partial charge is 0.481 e. The van der Waals surface area contributed by atoms with Crippen molar-refractivity contribution in [2.24, 2.45) is 56.7 Å². The van der Waals surface area contributed by atoms with Gasteiger partial charge < -0.3 is 14.9 Å². The molecule has 39 heavy (non-hydrogen) atoms. The molecule has 0 aliphatic heterocycles. The number of esters is 1. The summed E-state index contributed by atoms with van der Waals surface area (Å²) in [7, 11) is 0. The van der Waals surface area contributed by atoms with Gasteiger partial charge in [-0.2, -0.15) is 0 Å². The van der Waals surface area contributed by atoms with Crippen LogP contribution in [0.3, 0.4) is 0 Å². The fraction of sp³-hybridized carbons (Fsp3) is 0.848. The maximum Gasteiger partial charge on any atom is 0.317 e. The minimum Gasteiger partial charge on any atom is -0.481 e. The Morgan fingerprint density at radius 1 is 0.821 bits per heavy atom. The second kappa shape index (κ2) is 9.08. The van der Waals surface area contributed by atoms with Crippen LogP contribution in [0.1, 0.15) is 112 Å². The number of hydrogen-bond donors (Lipinski definition) is 2. The molecular weight excluding hydrogens is 492 g/mol. The summed E-state index contributed by atoms with van der Waals surface area (Å²) in [5.41, 5.74) is 0.634. The monoisotopic (exact) mass is 542 g/mol. The van der Waals surface area contributed by atoms with Crippen molar-refractivity contribution in [1.29, 1.82) is 0 Å². The van der Waals surface area contributed by atoms with Crippen molar-refractivity contribution in [2.75, 3.05) is 0 Å². The van der Waals surface area contributed by atoms with E-state index in [1.54, 1.807) is 0 Å². The summed E-state index contributed by atoms with van der Waals surface area (Å²) >= 11 is 0. The van der Waals surface area contributed by atoms with Crippen molar-refractivity contribution in [2.45, 2.75) is 118 Å². The van der Waals surface area contributed by atoms with Crippen molar-refractivity contribution < 1.29 is 29.3 Å². The first-order valence-corrected chi connectivity index (χ1v) is 15.3. The third-order valence-corrected chi connectivity index (χ3v) is 14.0. The molecule has 0 saturated heterocycles. The minimum absolute atomic E-state index is 0.0838. The van der Waals surface area contributed by atoms with Crippen LogP contribution < -0.4 is 0 Å². The first kappa shape index (κ1) is 28.7. The molecule has 0 heterocycles. The fourth-order valence-corrected chi connectivity index (χ4v) is 12.0. The van der Waals surface area contributed by atoms with Gasteiger partial charge in [0.1, 0.15) is 12.5 Å². The molecular formula is C33H50O6. The van der Waals surface area contributed by atoms with Gasteiger partial charge in [-0.05, 0) is 117 Å². The molecule has 6 nitrogen and oxygen atoms in total. The topological polar surface area (TPSA) is 101 Å². The van der Waals surface area contributed by atoms with E-state index in [0.29, 0.717) is 23.7 Å². The summed E-state index contributed by atoms with van der Waals surface area (Å²) in [4.78, 5) is 36.2. The van der Waals surface area contributed by atoms with Crippen LogP contribution in [0.4, 0.5) is 0 Å². The molecule has 0 amide bonds. The highest BCUT2D eigenvalue weighted by Crippen LogP contribution is 2.77. The number of carboxylic acid groups (broad SMARTS) is 2. The zero-order valence-corrected chi connectivity index (χ0v) is 25.0. The van der Waals surface area contributed by atoms with E-state index in [0.717, 1.165) is 69.8 Å². The molecule has 5 saturated carbocycles. The average Bonchev–Trinajstić information content (AvgIpc) is 3.22. The van der Waals surface area contributed by atoms with E-state index in [1.807, 2.05) is 0 Å². The predicted octanol–water partition coefficient (Wildman–Crippen LogP) is 7.12. The van der Waals surface area contributed by atoms with Gasteiger partial charge in [-0.1, -0.05) is 46.8 Å². The molecule has 6 heteroatoms. The van der Waals surface area contributed by atoms with E-state index < -0.39 is 29.7 Å². The lowest BCUT2D eigenvalue weighted by molar-refractivity contribution is -0.250. The summed E-state index contributed by atoms with van der Waals surface area (Å²) < 4.78 is 5.81. The fourth-order valence-electron chi connectivity index (χ4n) is 12.0. The van der Waals surface area contributed by atoms with E-state index in [4.69, 9.17) is 9.84 Å². The summed E-state index contributed by atoms with van der Waals surface area (Å²) in [5, 5.41) is 19.6. The third-order valence-electron chi connectivity index (χ3n) is 14.0. The number of ether oxygens (including phenoxy) is 1. The molecule has 10 atom stereocenters. The first-order chi connectivity index (χ1) is 18.0. The van der Waals surface area contributed by atoms with E-state index in [2.05, 4.69) is 48.1 Å². The summed E-state index contributed by atoms with van der Waals surface area (Å²) in [6, 6.07) is 0. The number of carbonyl (C=O) groups excluding carboxylic acids is 1. The number of aliphatic carboxylic acids is 2. The van der Waals surface area contributed by atoms with Crippen molar-refractivity contribution >= 4 is 17.9 Å². The Balaban J connectivity index is 1.46. The molecule has 2 N–H and O–H groups in total. The number of rotatable bonds is 5. The highest BCUT2D eigenvalue weighted by molar-refractivity contribution is 5.90. The molecule has 0 unspecified atom stereocenters. The van der Waals surface area contributed by atoms with Crippen molar-refractivity contribution in [1.82, 2.24) is 0 Å². The van der Waals surface area contributed by atoms with Crippen LogP contribution >= 0.6 is 0 Å². The summed E-state index contributed by atoms with van der Waals surface area (Å²) in [6.45, 7) is 18.4. The van der Waals surface area contributed by atoms with Crippen LogP contribution in [0.25, 0.3) is 0 Å². The SMILES string of the molecule is C=C(C)[C@@H]1CC[C@]2(C(=O)O)CC[C@]3(C)[C@H](CC[C@@H]4[C@@]5(C)CC[C@H](OC(=O)CC(=O)O)C(C)(C)[C@@H]5CC[C@]43C)[C@@H]12. The van der Waals surface area contributed by atoms with E-state index in [-0.39, 0.29) is 33.7 Å². The smallest absolute Gasteiger partial charge is 0.317 e. The van der Waals surface area contributed by atoms with Crippen LogP contribution in [0, 0.1) is 56.7 Å². The molecule has 0 radical (unpaired) electrons. The number of hydrogen-bond acceptors (Lipinski definition) is 4. The van der Waals surface area contributed by atoms with Gasteiger partial charge >= 0.3 is 17.9 Å². The number of allylic oxidation sites excluding steroid dienone is 1. The molecule has 0 aromatic heterocycles. The lowest BCUT2D eigenvalue weighted by Crippen LogP contribution is -2.67. The lowest BCUT2D eigenvalue weighted by Gasteiger charge is -2.72. The van der Waals surface area contributed by atoms with E-state index in [9.17, 15) is 19.5 Å². The van der Waals surface area contributed by atoms with Gasteiger partial charge in [0, 0.05) is 5.41 Å². The lowest BCUT2D eigenvalue weighted by atomic mass is 9.32. The molecule has 0 bridgehead atoms. The van der Waals surface area contributed by atoms with Gasteiger partial charge in [0.2, 0.25) is 0 Å². The first-order valence-electron chi connectivity index (χ1n) is 15.3. The van der Waals surface area contributed by atoms with Gasteiger partial charge in [-0.15, -0.1) is 0 Å². The Hall–Kier alpha value is -1.85. The van der Waals surface area contributed by atoms with Crippen LogP contribution in [0.5, 0.6) is 0 Å². The quantitative estimate of drug-likeness (QED) is 0.218. The minimum atomic E-state index is -1.15. The Morgan fingerprint density at radius 2 is 1.51 bits per heavy atom. The molecule has 5 aliphatic rings. The van der Waals surface area contributed by atoms with E-state index in [1.165, 1.54) is 0 Å². The summed E-state index contributed by atoms with van der Waals surface area (Å²) in [5.74, 6) is -0.577. The van der Waals surface area contributed by atoms with Gasteiger partial charge in [0.25, 0.3) is 0 Å². The normalized spacial score (nSPS) is 48.1. The number of carboxylic acids is 2. The van der Waals surface area contributed by atoms with Crippen molar-refractivity contribution in [3.05, 3.63) is 12.2 Å². The van der Waals surface area contributed by atoms with Gasteiger partial charge in [-0.3, -0.25) is 14.4 Å². The standard InChI is InChI=1S/C33H50O6/c1-19(2)20-10-15-33(28(37)38)17-16-31(6)21(27(20)33)8-9-23-30(5)13-12-24(39-26(36)18-25(34)35)29(3,4)22(30)11-14-32(23,31)7/h20-24,27H,1,8-18H2,2-7H3,(H,34,35)(H,37,38)/t20-,21+,22-,23+,24-,27+,30-,31+,32+,33-/m0/s1. The zero-order chi connectivity index (χ0) is 28.8. The van der Waals surface area contributed by atoms with Crippen molar-refractivity contribution in [3.8, 4) is 0 Å². The Kier molecular flexibility index (Phi) is 6.67. The molecule has 218 valence electrons. The molecule has 0 spiro atoms. The highest BCUT2D eigenvalue weighted by atomic mass is 16.5. The number of carbonyl (C=O) groups is 3. The van der Waals surface area contributed by atoms with Gasteiger partial charge in [0.15, 0.2) is 0 Å². The molecule has 5 aliphatic carbocycles. The second-order valence-corrected chi connectivity index (χ2v) is 15.6. The highest BCUT2D eigenvalue weighted by Gasteiger charge is 2.72. The molecule has 0 aromatic rings. The predicted molar refractivity (Wildman–Crippen MR) is 149 cm³/mol. The Labute approximate surface area is 234 Å². The van der Waals surface area contributed by atoms with Gasteiger partial charge in [-0.25, -0.2) is 0 Å². The van der Waals surface area contributed by atoms with Crippen LogP contribution in [-0.2, 0) is 19.1 Å². The van der Waals surface area contributed by atoms with Crippen LogP contribution in [0.15, 0.2) is 12.2 Å².